The summed E-state index contributed by atoms with van der Waals surface area (Å²) in [5.74, 6) is 1.10. The van der Waals surface area contributed by atoms with Gasteiger partial charge in [0.1, 0.15) is 0 Å². The molecule has 0 aliphatic carbocycles. The van der Waals surface area contributed by atoms with E-state index in [1.165, 1.54) is 0 Å². The first-order valence-corrected chi connectivity index (χ1v) is 8.42. The zero-order valence-electron chi connectivity index (χ0n) is 16.0. The average Bonchev–Trinajstić information content (AvgIpc) is 2.52. The molecule has 2 heteroatoms. The van der Waals surface area contributed by atoms with Gasteiger partial charge in [0, 0.05) is 7.11 Å². The van der Waals surface area contributed by atoms with Crippen LogP contribution in [0.15, 0.2) is 0 Å². The van der Waals surface area contributed by atoms with Crippen molar-refractivity contribution in [1.29, 1.82) is 0 Å². The van der Waals surface area contributed by atoms with Crippen LogP contribution in [0.2, 0.25) is 0 Å². The molecule has 21 heavy (non-hydrogen) atoms. The first-order chi connectivity index (χ1) is 9.27. The Bertz CT molecular complexity index is 327. The highest BCUT2D eigenvalue weighted by Crippen LogP contribution is 2.53. The third-order valence-corrected chi connectivity index (χ3v) is 4.68. The monoisotopic (exact) mass is 298 g/mol. The summed E-state index contributed by atoms with van der Waals surface area (Å²) in [5.41, 5.74) is 0.767. The van der Waals surface area contributed by atoms with E-state index in [2.05, 4.69) is 62.3 Å². The van der Waals surface area contributed by atoms with Crippen molar-refractivity contribution in [3.63, 3.8) is 0 Å². The molecule has 0 amide bonds. The van der Waals surface area contributed by atoms with Crippen LogP contribution < -0.4 is 0 Å². The summed E-state index contributed by atoms with van der Waals surface area (Å²) < 4.78 is 12.0. The first kappa shape index (κ1) is 19.0. The van der Waals surface area contributed by atoms with E-state index in [4.69, 9.17) is 9.47 Å². The molecule has 1 heterocycles. The molecule has 0 bridgehead atoms. The van der Waals surface area contributed by atoms with E-state index in [0.29, 0.717) is 30.0 Å². The van der Waals surface area contributed by atoms with Crippen LogP contribution in [-0.2, 0) is 9.47 Å². The standard InChI is InChI=1S/C19H38O2/c1-17(2,3)11-13-15(18(4,5)6)16(19(7,8)9)14(21-13)12-20-10/h13-16H,11-12H2,1-10H3. The molecule has 0 aromatic heterocycles. The van der Waals surface area contributed by atoms with Crippen molar-refractivity contribution in [2.24, 2.45) is 28.1 Å². The van der Waals surface area contributed by atoms with Crippen molar-refractivity contribution in [2.75, 3.05) is 13.7 Å². The molecular formula is C19H38O2. The molecular weight excluding hydrogens is 260 g/mol. The van der Waals surface area contributed by atoms with Crippen LogP contribution >= 0.6 is 0 Å². The van der Waals surface area contributed by atoms with E-state index in [1.807, 2.05) is 0 Å². The van der Waals surface area contributed by atoms with Crippen molar-refractivity contribution in [2.45, 2.75) is 80.9 Å². The topological polar surface area (TPSA) is 18.5 Å². The van der Waals surface area contributed by atoms with E-state index in [0.717, 1.165) is 6.42 Å². The number of hydrogen-bond donors (Lipinski definition) is 0. The average molecular weight is 299 g/mol. The molecule has 0 saturated carbocycles. The van der Waals surface area contributed by atoms with Gasteiger partial charge in [-0.15, -0.1) is 0 Å². The smallest absolute Gasteiger partial charge is 0.0849 e. The summed E-state index contributed by atoms with van der Waals surface area (Å²) in [5, 5.41) is 0. The Balaban J connectivity index is 3.16. The Kier molecular flexibility index (Phi) is 5.60. The molecule has 2 nitrogen and oxygen atoms in total. The molecule has 4 unspecified atom stereocenters. The number of rotatable bonds is 3. The second-order valence-electron chi connectivity index (χ2n) is 10.2. The lowest BCUT2D eigenvalue weighted by atomic mass is 9.61. The van der Waals surface area contributed by atoms with Gasteiger partial charge >= 0.3 is 0 Å². The Morgan fingerprint density at radius 3 is 1.52 bits per heavy atom. The third-order valence-electron chi connectivity index (χ3n) is 4.68. The van der Waals surface area contributed by atoms with Crippen LogP contribution in [0.25, 0.3) is 0 Å². The predicted octanol–water partition coefficient (Wildman–Crippen LogP) is 5.16. The minimum absolute atomic E-state index is 0.214. The zero-order chi connectivity index (χ0) is 16.6. The summed E-state index contributed by atoms with van der Waals surface area (Å²) >= 11 is 0. The maximum atomic E-state index is 6.53. The van der Waals surface area contributed by atoms with Crippen LogP contribution in [0.1, 0.15) is 68.7 Å². The molecule has 126 valence electrons. The SMILES string of the molecule is COCC1OC(CC(C)(C)C)C(C(C)(C)C)C1C(C)(C)C. The van der Waals surface area contributed by atoms with Gasteiger partial charge in [0.15, 0.2) is 0 Å². The molecule has 1 saturated heterocycles. The van der Waals surface area contributed by atoms with E-state index in [-0.39, 0.29) is 16.9 Å². The van der Waals surface area contributed by atoms with Gasteiger partial charge < -0.3 is 9.47 Å². The molecule has 4 atom stereocenters. The van der Waals surface area contributed by atoms with Gasteiger partial charge in [-0.3, -0.25) is 0 Å². The minimum atomic E-state index is 0.214. The quantitative estimate of drug-likeness (QED) is 0.716. The van der Waals surface area contributed by atoms with Gasteiger partial charge in [0.2, 0.25) is 0 Å². The highest BCUT2D eigenvalue weighted by atomic mass is 16.5. The van der Waals surface area contributed by atoms with Crippen molar-refractivity contribution in [1.82, 2.24) is 0 Å². The lowest BCUT2D eigenvalue weighted by molar-refractivity contribution is -0.0387. The summed E-state index contributed by atoms with van der Waals surface area (Å²) in [6, 6.07) is 0. The molecule has 1 fully saturated rings. The number of ether oxygens (including phenoxy) is 2. The molecule has 0 N–H and O–H groups in total. The van der Waals surface area contributed by atoms with Crippen LogP contribution in [0.4, 0.5) is 0 Å². The highest BCUT2D eigenvalue weighted by molar-refractivity contribution is 5.01. The van der Waals surface area contributed by atoms with E-state index in [9.17, 15) is 0 Å². The second kappa shape index (κ2) is 6.20. The largest absolute Gasteiger partial charge is 0.382 e. The van der Waals surface area contributed by atoms with Crippen LogP contribution in [0.5, 0.6) is 0 Å². The third kappa shape index (κ3) is 4.96. The lowest BCUT2D eigenvalue weighted by Gasteiger charge is -2.42. The normalized spacial score (nSPS) is 31.7. The van der Waals surface area contributed by atoms with Crippen LogP contribution in [0.3, 0.4) is 0 Å². The molecule has 0 aromatic carbocycles. The van der Waals surface area contributed by atoms with E-state index >= 15 is 0 Å². The van der Waals surface area contributed by atoms with Gasteiger partial charge in [-0.2, -0.15) is 0 Å². The zero-order valence-corrected chi connectivity index (χ0v) is 16.0. The fourth-order valence-corrected chi connectivity index (χ4v) is 4.13. The predicted molar refractivity (Wildman–Crippen MR) is 90.5 cm³/mol. The van der Waals surface area contributed by atoms with Gasteiger partial charge in [0.25, 0.3) is 0 Å². The lowest BCUT2D eigenvalue weighted by Crippen LogP contribution is -2.42. The van der Waals surface area contributed by atoms with Crippen LogP contribution in [0, 0.1) is 28.1 Å². The summed E-state index contributed by atoms with van der Waals surface area (Å²) in [7, 11) is 1.78. The second-order valence-corrected chi connectivity index (χ2v) is 10.2. The van der Waals surface area contributed by atoms with Gasteiger partial charge in [0.05, 0.1) is 18.8 Å². The highest BCUT2D eigenvalue weighted by Gasteiger charge is 2.53. The fourth-order valence-electron chi connectivity index (χ4n) is 4.13. The molecule has 1 rings (SSSR count). The van der Waals surface area contributed by atoms with Gasteiger partial charge in [-0.25, -0.2) is 0 Å². The van der Waals surface area contributed by atoms with Gasteiger partial charge in [-0.05, 0) is 34.5 Å². The maximum absolute atomic E-state index is 6.53. The molecule has 1 aliphatic rings. The Hall–Kier alpha value is -0.0800. The molecule has 1 aliphatic heterocycles. The summed E-state index contributed by atoms with van der Waals surface area (Å²) in [4.78, 5) is 0. The van der Waals surface area contributed by atoms with Crippen molar-refractivity contribution < 1.29 is 9.47 Å². The first-order valence-electron chi connectivity index (χ1n) is 8.42. The number of hydrogen-bond acceptors (Lipinski definition) is 2. The van der Waals surface area contributed by atoms with Crippen molar-refractivity contribution >= 4 is 0 Å². The minimum Gasteiger partial charge on any atom is -0.382 e. The van der Waals surface area contributed by atoms with Crippen molar-refractivity contribution in [3.05, 3.63) is 0 Å². The van der Waals surface area contributed by atoms with Crippen molar-refractivity contribution in [3.8, 4) is 0 Å². The fraction of sp³-hybridized carbons (Fsp3) is 1.00. The number of methoxy groups -OCH3 is 1. The molecule has 0 aromatic rings. The summed E-state index contributed by atoms with van der Waals surface area (Å²) in [6.45, 7) is 21.8. The molecule has 0 radical (unpaired) electrons. The molecule has 0 spiro atoms. The Morgan fingerprint density at radius 2 is 1.19 bits per heavy atom. The summed E-state index contributed by atoms with van der Waals surface area (Å²) in [6.07, 6.45) is 1.66. The van der Waals surface area contributed by atoms with E-state index in [1.54, 1.807) is 7.11 Å². The van der Waals surface area contributed by atoms with E-state index < -0.39 is 0 Å². The van der Waals surface area contributed by atoms with Crippen LogP contribution in [-0.4, -0.2) is 25.9 Å². The Labute approximate surface area is 133 Å². The van der Waals surface area contributed by atoms with Gasteiger partial charge in [-0.1, -0.05) is 62.3 Å². The Morgan fingerprint density at radius 1 is 0.762 bits per heavy atom. The maximum Gasteiger partial charge on any atom is 0.0849 e.